The van der Waals surface area contributed by atoms with Crippen LogP contribution < -0.4 is 4.90 Å². The number of rotatable bonds is 3. The summed E-state index contributed by atoms with van der Waals surface area (Å²) in [6.45, 7) is 1.76. The van der Waals surface area contributed by atoms with Gasteiger partial charge in [0.1, 0.15) is 21.6 Å². The smallest absolute Gasteiger partial charge is 0.252 e. The summed E-state index contributed by atoms with van der Waals surface area (Å²) in [5.41, 5.74) is 2.16. The fraction of sp³-hybridized carbons (Fsp3) is 0.222. The van der Waals surface area contributed by atoms with Gasteiger partial charge in [-0.15, -0.1) is 11.3 Å². The Morgan fingerprint density at radius 2 is 1.82 bits per heavy atom. The first-order chi connectivity index (χ1) is 13.5. The molecule has 7 nitrogen and oxygen atoms in total. The van der Waals surface area contributed by atoms with Gasteiger partial charge in [0.25, 0.3) is 10.0 Å². The summed E-state index contributed by atoms with van der Waals surface area (Å²) in [6.07, 6.45) is 1.52. The maximum atomic E-state index is 12.8. The molecule has 1 aliphatic heterocycles. The highest BCUT2D eigenvalue weighted by Crippen LogP contribution is 2.33. The fourth-order valence-corrected chi connectivity index (χ4v) is 6.50. The number of aromatic nitrogens is 2. The summed E-state index contributed by atoms with van der Waals surface area (Å²) in [5, 5.41) is 0.942. The SMILES string of the molecule is O=S(=O)(c1ccc(Cl)s1)N1CCN(c2ncnc3c2oc2ccccc23)CC1. The number of piperazine rings is 1. The molecule has 10 heteroatoms. The predicted octanol–water partition coefficient (Wildman–Crippen LogP) is 3.60. The number of hydrogen-bond acceptors (Lipinski definition) is 7. The molecule has 28 heavy (non-hydrogen) atoms. The number of benzene rings is 1. The van der Waals surface area contributed by atoms with Crippen molar-refractivity contribution < 1.29 is 12.8 Å². The number of anilines is 1. The Bertz CT molecular complexity index is 1280. The van der Waals surface area contributed by atoms with Crippen LogP contribution in [0.2, 0.25) is 4.34 Å². The second-order valence-corrected chi connectivity index (χ2v) is 10.3. The molecule has 0 bridgehead atoms. The molecule has 1 aromatic carbocycles. The van der Waals surface area contributed by atoms with Crippen LogP contribution in [0.15, 0.2) is 51.4 Å². The Balaban J connectivity index is 1.43. The number of thiophene rings is 1. The third kappa shape index (κ3) is 2.86. The van der Waals surface area contributed by atoms with Gasteiger partial charge in [-0.1, -0.05) is 23.7 Å². The van der Waals surface area contributed by atoms with Gasteiger partial charge in [-0.25, -0.2) is 18.4 Å². The number of fused-ring (bicyclic) bond motifs is 3. The van der Waals surface area contributed by atoms with Crippen molar-refractivity contribution in [1.82, 2.24) is 14.3 Å². The van der Waals surface area contributed by atoms with Gasteiger partial charge in [-0.3, -0.25) is 0 Å². The molecule has 1 fully saturated rings. The summed E-state index contributed by atoms with van der Waals surface area (Å²) in [5.74, 6) is 0.692. The van der Waals surface area contributed by atoms with Crippen molar-refractivity contribution in [3.63, 3.8) is 0 Å². The summed E-state index contributed by atoms with van der Waals surface area (Å²) in [4.78, 5) is 10.8. The molecule has 5 rings (SSSR count). The average molecular weight is 435 g/mol. The highest BCUT2D eigenvalue weighted by Gasteiger charge is 2.31. The van der Waals surface area contributed by atoms with Gasteiger partial charge < -0.3 is 9.32 Å². The predicted molar refractivity (Wildman–Crippen MR) is 110 cm³/mol. The summed E-state index contributed by atoms with van der Waals surface area (Å²) in [7, 11) is -3.53. The third-order valence-corrected chi connectivity index (χ3v) is 8.42. The highest BCUT2D eigenvalue weighted by atomic mass is 35.5. The van der Waals surface area contributed by atoms with Crippen LogP contribution in [-0.4, -0.2) is 48.9 Å². The zero-order chi connectivity index (χ0) is 19.3. The molecule has 0 saturated carbocycles. The monoisotopic (exact) mass is 434 g/mol. The first-order valence-corrected chi connectivity index (χ1v) is 11.3. The molecular formula is C18H15ClN4O3S2. The average Bonchev–Trinajstić information content (AvgIpc) is 3.32. The van der Waals surface area contributed by atoms with Crippen molar-refractivity contribution in [3.05, 3.63) is 47.1 Å². The lowest BCUT2D eigenvalue weighted by atomic mass is 10.2. The van der Waals surface area contributed by atoms with E-state index in [1.165, 1.54) is 10.6 Å². The number of furan rings is 1. The minimum absolute atomic E-state index is 0.271. The largest absolute Gasteiger partial charge is 0.450 e. The van der Waals surface area contributed by atoms with Crippen molar-refractivity contribution in [3.8, 4) is 0 Å². The van der Waals surface area contributed by atoms with Crippen molar-refractivity contribution in [2.24, 2.45) is 0 Å². The molecule has 1 aliphatic rings. The molecular weight excluding hydrogens is 420 g/mol. The number of sulfonamides is 1. The van der Waals surface area contributed by atoms with Crippen molar-refractivity contribution >= 4 is 60.8 Å². The van der Waals surface area contributed by atoms with E-state index >= 15 is 0 Å². The van der Waals surface area contributed by atoms with Crippen LogP contribution in [0.3, 0.4) is 0 Å². The normalized spacial score (nSPS) is 16.2. The van der Waals surface area contributed by atoms with E-state index in [1.807, 2.05) is 29.2 Å². The molecule has 0 aliphatic carbocycles. The zero-order valence-electron chi connectivity index (χ0n) is 14.6. The molecule has 0 atom stereocenters. The van der Waals surface area contributed by atoms with Gasteiger partial charge in [0.15, 0.2) is 11.4 Å². The number of halogens is 1. The molecule has 3 aromatic heterocycles. The van der Waals surface area contributed by atoms with Crippen molar-refractivity contribution in [2.45, 2.75) is 4.21 Å². The van der Waals surface area contributed by atoms with Crippen molar-refractivity contribution in [1.29, 1.82) is 0 Å². The van der Waals surface area contributed by atoms with Crippen LogP contribution in [0.5, 0.6) is 0 Å². The third-order valence-electron chi connectivity index (χ3n) is 4.82. The zero-order valence-corrected chi connectivity index (χ0v) is 17.0. The van der Waals surface area contributed by atoms with Crippen LogP contribution in [0.1, 0.15) is 0 Å². The van der Waals surface area contributed by atoms with Crippen LogP contribution in [-0.2, 0) is 10.0 Å². The fourth-order valence-electron chi connectivity index (χ4n) is 3.44. The van der Waals surface area contributed by atoms with Gasteiger partial charge >= 0.3 is 0 Å². The Morgan fingerprint density at radius 1 is 1.04 bits per heavy atom. The van der Waals surface area contributed by atoms with E-state index in [4.69, 9.17) is 16.0 Å². The van der Waals surface area contributed by atoms with Crippen LogP contribution in [0.4, 0.5) is 5.82 Å². The Labute approximate surface area is 170 Å². The molecule has 4 heterocycles. The van der Waals surface area contributed by atoms with Crippen molar-refractivity contribution in [2.75, 3.05) is 31.1 Å². The van der Waals surface area contributed by atoms with Crippen LogP contribution in [0.25, 0.3) is 22.1 Å². The minimum Gasteiger partial charge on any atom is -0.450 e. The molecule has 144 valence electrons. The topological polar surface area (TPSA) is 79.5 Å². The van der Waals surface area contributed by atoms with Gasteiger partial charge in [-0.05, 0) is 24.3 Å². The lowest BCUT2D eigenvalue weighted by Crippen LogP contribution is -2.48. The van der Waals surface area contributed by atoms with Gasteiger partial charge in [-0.2, -0.15) is 4.31 Å². The van der Waals surface area contributed by atoms with Gasteiger partial charge in [0.2, 0.25) is 0 Å². The molecule has 0 spiro atoms. The molecule has 0 unspecified atom stereocenters. The molecule has 0 N–H and O–H groups in total. The van der Waals surface area contributed by atoms with Crippen LogP contribution in [0, 0.1) is 0 Å². The van der Waals surface area contributed by atoms with E-state index in [-0.39, 0.29) is 4.21 Å². The first-order valence-electron chi connectivity index (χ1n) is 8.67. The summed E-state index contributed by atoms with van der Waals surface area (Å²) in [6, 6.07) is 10.9. The van der Waals surface area contributed by atoms with E-state index in [0.717, 1.165) is 27.8 Å². The summed E-state index contributed by atoms with van der Waals surface area (Å²) < 4.78 is 33.8. The van der Waals surface area contributed by atoms with E-state index < -0.39 is 10.0 Å². The van der Waals surface area contributed by atoms with E-state index in [0.29, 0.717) is 41.9 Å². The Kier molecular flexibility index (Phi) is 4.27. The van der Waals surface area contributed by atoms with Crippen LogP contribution >= 0.6 is 22.9 Å². The molecule has 0 amide bonds. The van der Waals surface area contributed by atoms with E-state index in [9.17, 15) is 8.42 Å². The maximum absolute atomic E-state index is 12.8. The molecule has 4 aromatic rings. The maximum Gasteiger partial charge on any atom is 0.252 e. The molecule has 0 radical (unpaired) electrons. The Morgan fingerprint density at radius 3 is 2.57 bits per heavy atom. The highest BCUT2D eigenvalue weighted by molar-refractivity contribution is 7.91. The number of hydrogen-bond donors (Lipinski definition) is 0. The Hall–Kier alpha value is -2.20. The minimum atomic E-state index is -3.53. The second-order valence-electron chi connectivity index (χ2n) is 6.42. The second kappa shape index (κ2) is 6.70. The van der Waals surface area contributed by atoms with Gasteiger partial charge in [0, 0.05) is 31.6 Å². The van der Waals surface area contributed by atoms with Gasteiger partial charge in [0.05, 0.1) is 4.34 Å². The quantitative estimate of drug-likeness (QED) is 0.490. The van der Waals surface area contributed by atoms with E-state index in [2.05, 4.69) is 9.97 Å². The lowest BCUT2D eigenvalue weighted by molar-refractivity contribution is 0.384. The molecule has 1 saturated heterocycles. The summed E-state index contributed by atoms with van der Waals surface area (Å²) >= 11 is 6.98. The lowest BCUT2D eigenvalue weighted by Gasteiger charge is -2.34. The standard InChI is InChI=1S/C18H15ClN4O3S2/c19-14-5-6-15(27-14)28(24,25)23-9-7-22(8-10-23)18-17-16(20-11-21-18)12-3-1-2-4-13(12)26-17/h1-6,11H,7-10H2. The van der Waals surface area contributed by atoms with E-state index in [1.54, 1.807) is 12.1 Å². The number of nitrogens with zero attached hydrogens (tertiary/aromatic N) is 4. The first kappa shape index (κ1) is 17.9. The number of para-hydroxylation sites is 1.